The van der Waals surface area contributed by atoms with Crippen molar-refractivity contribution in [1.82, 2.24) is 20.0 Å². The summed E-state index contributed by atoms with van der Waals surface area (Å²) in [6.45, 7) is 5.95. The van der Waals surface area contributed by atoms with Crippen molar-refractivity contribution in [3.05, 3.63) is 53.9 Å². The Labute approximate surface area is 173 Å². The first-order valence-electron chi connectivity index (χ1n) is 10.4. The van der Waals surface area contributed by atoms with Crippen molar-refractivity contribution in [1.29, 1.82) is 0 Å². The molecule has 0 saturated carbocycles. The molecule has 1 aromatic heterocycles. The second-order valence-corrected chi connectivity index (χ2v) is 7.68. The molecule has 1 fully saturated rings. The maximum absolute atomic E-state index is 10.2. The molecular weight excluding hydrogens is 366 g/mol. The van der Waals surface area contributed by atoms with Gasteiger partial charge in [0, 0.05) is 32.9 Å². The van der Waals surface area contributed by atoms with Gasteiger partial charge in [0.05, 0.1) is 32.1 Å². The van der Waals surface area contributed by atoms with Gasteiger partial charge >= 0.3 is 0 Å². The van der Waals surface area contributed by atoms with E-state index in [2.05, 4.69) is 33.4 Å². The van der Waals surface area contributed by atoms with Crippen LogP contribution in [0.5, 0.6) is 0 Å². The van der Waals surface area contributed by atoms with Crippen LogP contribution in [0, 0.1) is 5.92 Å². The summed E-state index contributed by atoms with van der Waals surface area (Å²) in [7, 11) is 1.95. The molecule has 2 unspecified atom stereocenters. The number of aliphatic imine (C=N–C) groups is 1. The number of benzene rings is 1. The third kappa shape index (κ3) is 6.87. The Hall–Kier alpha value is -2.38. The Bertz CT molecular complexity index is 762. The third-order valence-electron chi connectivity index (χ3n) is 5.08. The van der Waals surface area contributed by atoms with Gasteiger partial charge in [0.15, 0.2) is 5.96 Å². The average molecular weight is 400 g/mol. The maximum atomic E-state index is 10.2. The first-order chi connectivity index (χ1) is 14.1. The van der Waals surface area contributed by atoms with Gasteiger partial charge in [-0.05, 0) is 36.8 Å². The summed E-state index contributed by atoms with van der Waals surface area (Å²) in [5.41, 5.74) is 2.39. The first kappa shape index (κ1) is 21.3. The number of ether oxygens (including phenoxy) is 1. The zero-order chi connectivity index (χ0) is 20.5. The summed E-state index contributed by atoms with van der Waals surface area (Å²) >= 11 is 0. The summed E-state index contributed by atoms with van der Waals surface area (Å²) in [5.74, 6) is 1.48. The van der Waals surface area contributed by atoms with Gasteiger partial charge in [-0.25, -0.2) is 0 Å². The van der Waals surface area contributed by atoms with E-state index in [1.54, 1.807) is 0 Å². The van der Waals surface area contributed by atoms with Crippen LogP contribution in [-0.2, 0) is 24.8 Å². The predicted molar refractivity (Wildman–Crippen MR) is 115 cm³/mol. The van der Waals surface area contributed by atoms with Crippen molar-refractivity contribution in [2.75, 3.05) is 32.8 Å². The molecular formula is C22H33N5O2. The van der Waals surface area contributed by atoms with Crippen LogP contribution in [0.4, 0.5) is 0 Å². The van der Waals surface area contributed by atoms with Gasteiger partial charge in [-0.3, -0.25) is 9.67 Å². The maximum Gasteiger partial charge on any atom is 0.194 e. The van der Waals surface area contributed by atoms with E-state index < -0.39 is 6.10 Å². The van der Waals surface area contributed by atoms with Gasteiger partial charge in [0.2, 0.25) is 0 Å². The lowest BCUT2D eigenvalue weighted by Crippen LogP contribution is -2.40. The van der Waals surface area contributed by atoms with E-state index >= 15 is 0 Å². The number of hydrogen-bond donors (Lipinski definition) is 2. The molecule has 0 aliphatic carbocycles. The number of hydrogen-bond acceptors (Lipinski definition) is 4. The van der Waals surface area contributed by atoms with Crippen molar-refractivity contribution in [3.8, 4) is 0 Å². The standard InChI is InChI=1S/C22H33N5O2/c1-3-23-22(24-13-21(28)17-29-16-18-7-5-4-6-8-18)27-10-9-19(15-27)11-20-12-25-26(2)14-20/h4-8,12,14,19,21,28H,3,9-11,13,15-17H2,1-2H3,(H,23,24). The Balaban J connectivity index is 1.45. The van der Waals surface area contributed by atoms with E-state index in [4.69, 9.17) is 4.74 Å². The zero-order valence-electron chi connectivity index (χ0n) is 17.5. The summed E-state index contributed by atoms with van der Waals surface area (Å²) < 4.78 is 7.48. The molecule has 1 saturated heterocycles. The molecule has 7 heteroatoms. The minimum Gasteiger partial charge on any atom is -0.389 e. The summed E-state index contributed by atoms with van der Waals surface area (Å²) in [5, 5.41) is 17.9. The molecule has 0 bridgehead atoms. The Morgan fingerprint density at radius 1 is 1.34 bits per heavy atom. The average Bonchev–Trinajstić information content (AvgIpc) is 3.35. The number of guanidine groups is 1. The zero-order valence-corrected chi connectivity index (χ0v) is 17.5. The van der Waals surface area contributed by atoms with E-state index in [0.717, 1.165) is 44.0 Å². The molecule has 29 heavy (non-hydrogen) atoms. The highest BCUT2D eigenvalue weighted by Crippen LogP contribution is 2.20. The molecule has 0 radical (unpaired) electrons. The number of aliphatic hydroxyl groups is 1. The SMILES string of the molecule is CCNC(=NCC(O)COCc1ccccc1)N1CCC(Cc2cnn(C)c2)C1. The fourth-order valence-corrected chi connectivity index (χ4v) is 3.66. The van der Waals surface area contributed by atoms with Gasteiger partial charge in [0.1, 0.15) is 0 Å². The van der Waals surface area contributed by atoms with Crippen LogP contribution in [0.3, 0.4) is 0 Å². The van der Waals surface area contributed by atoms with Crippen LogP contribution in [0.2, 0.25) is 0 Å². The summed E-state index contributed by atoms with van der Waals surface area (Å²) in [6, 6.07) is 9.99. The Morgan fingerprint density at radius 3 is 2.90 bits per heavy atom. The number of aliphatic hydroxyl groups excluding tert-OH is 1. The lowest BCUT2D eigenvalue weighted by molar-refractivity contribution is 0.0330. The van der Waals surface area contributed by atoms with Crippen molar-refractivity contribution < 1.29 is 9.84 Å². The van der Waals surface area contributed by atoms with Crippen LogP contribution >= 0.6 is 0 Å². The van der Waals surface area contributed by atoms with E-state index in [-0.39, 0.29) is 6.61 Å². The molecule has 7 nitrogen and oxygen atoms in total. The van der Waals surface area contributed by atoms with Gasteiger partial charge in [-0.15, -0.1) is 0 Å². The number of aryl methyl sites for hydroxylation is 1. The molecule has 2 N–H and O–H groups in total. The minimum absolute atomic E-state index is 0.279. The molecule has 3 rings (SSSR count). The summed E-state index contributed by atoms with van der Waals surface area (Å²) in [6.07, 6.45) is 5.62. The second kappa shape index (κ2) is 11.0. The lowest BCUT2D eigenvalue weighted by atomic mass is 10.0. The number of nitrogens with one attached hydrogen (secondary N) is 1. The van der Waals surface area contributed by atoms with Crippen molar-refractivity contribution in [3.63, 3.8) is 0 Å². The molecule has 1 aliphatic heterocycles. The monoisotopic (exact) mass is 399 g/mol. The van der Waals surface area contributed by atoms with E-state index in [0.29, 0.717) is 19.1 Å². The third-order valence-corrected chi connectivity index (χ3v) is 5.08. The van der Waals surface area contributed by atoms with Gasteiger partial charge in [0.25, 0.3) is 0 Å². The number of aromatic nitrogens is 2. The first-order valence-corrected chi connectivity index (χ1v) is 10.4. The van der Waals surface area contributed by atoms with E-state index in [1.807, 2.05) is 48.3 Å². The highest BCUT2D eigenvalue weighted by molar-refractivity contribution is 5.80. The van der Waals surface area contributed by atoms with Crippen molar-refractivity contribution in [2.24, 2.45) is 18.0 Å². The molecule has 0 spiro atoms. The summed E-state index contributed by atoms with van der Waals surface area (Å²) in [4.78, 5) is 6.95. The highest BCUT2D eigenvalue weighted by atomic mass is 16.5. The largest absolute Gasteiger partial charge is 0.389 e. The Morgan fingerprint density at radius 2 is 2.17 bits per heavy atom. The van der Waals surface area contributed by atoms with E-state index in [1.165, 1.54) is 5.56 Å². The van der Waals surface area contributed by atoms with E-state index in [9.17, 15) is 5.11 Å². The molecule has 1 aliphatic rings. The predicted octanol–water partition coefficient (Wildman–Crippen LogP) is 1.83. The van der Waals surface area contributed by atoms with Crippen LogP contribution in [0.25, 0.3) is 0 Å². The second-order valence-electron chi connectivity index (χ2n) is 7.68. The molecule has 158 valence electrons. The highest BCUT2D eigenvalue weighted by Gasteiger charge is 2.25. The molecule has 2 atom stereocenters. The quantitative estimate of drug-likeness (QED) is 0.497. The van der Waals surface area contributed by atoms with Crippen molar-refractivity contribution in [2.45, 2.75) is 32.5 Å². The van der Waals surface area contributed by atoms with Gasteiger partial charge in [-0.2, -0.15) is 5.10 Å². The van der Waals surface area contributed by atoms with Gasteiger partial charge < -0.3 is 20.1 Å². The van der Waals surface area contributed by atoms with Crippen LogP contribution in [0.1, 0.15) is 24.5 Å². The van der Waals surface area contributed by atoms with Crippen LogP contribution in [0.15, 0.2) is 47.7 Å². The molecule has 0 amide bonds. The molecule has 1 aromatic carbocycles. The smallest absolute Gasteiger partial charge is 0.194 e. The van der Waals surface area contributed by atoms with Crippen molar-refractivity contribution >= 4 is 5.96 Å². The molecule has 2 heterocycles. The fourth-order valence-electron chi connectivity index (χ4n) is 3.66. The number of rotatable bonds is 9. The topological polar surface area (TPSA) is 74.9 Å². The fraction of sp³-hybridized carbons (Fsp3) is 0.545. The van der Waals surface area contributed by atoms with Crippen LogP contribution in [-0.4, -0.2) is 64.6 Å². The number of nitrogens with zero attached hydrogens (tertiary/aromatic N) is 4. The lowest BCUT2D eigenvalue weighted by Gasteiger charge is -2.22. The van der Waals surface area contributed by atoms with Crippen LogP contribution < -0.4 is 5.32 Å². The Kier molecular flexibility index (Phi) is 8.07. The van der Waals surface area contributed by atoms with Gasteiger partial charge in [-0.1, -0.05) is 30.3 Å². The normalized spacial score (nSPS) is 18.2. The molecule has 2 aromatic rings. The number of likely N-dealkylation sites (tertiary alicyclic amines) is 1. The minimum atomic E-state index is -0.610.